The van der Waals surface area contributed by atoms with Crippen LogP contribution in [0.5, 0.6) is 0 Å². The normalized spacial score (nSPS) is 16.8. The van der Waals surface area contributed by atoms with Gasteiger partial charge >= 0.3 is 0 Å². The zero-order valence-electron chi connectivity index (χ0n) is 12.9. The van der Waals surface area contributed by atoms with Crippen LogP contribution in [0.15, 0.2) is 42.5 Å². The fourth-order valence-corrected chi connectivity index (χ4v) is 3.34. The Hall–Kier alpha value is -1.89. The topological polar surface area (TPSA) is 44.4 Å². The number of rotatable bonds is 3. The zero-order chi connectivity index (χ0) is 18.0. The van der Waals surface area contributed by atoms with Gasteiger partial charge in [0.2, 0.25) is 5.91 Å². The van der Waals surface area contributed by atoms with Crippen molar-refractivity contribution in [2.75, 3.05) is 16.8 Å². The van der Waals surface area contributed by atoms with Crippen LogP contribution in [0.4, 0.5) is 15.8 Å². The quantitative estimate of drug-likeness (QED) is 0.760. The van der Waals surface area contributed by atoms with Crippen LogP contribution in [0.25, 0.3) is 0 Å². The maximum absolute atomic E-state index is 13.0. The molecule has 0 aliphatic carbocycles. The average molecular weight is 398 g/mol. The number of nitrogens with one attached hydrogen (secondary N) is 2. The van der Waals surface area contributed by atoms with Gasteiger partial charge in [0.25, 0.3) is 0 Å². The predicted molar refractivity (Wildman–Crippen MR) is 103 cm³/mol. The van der Waals surface area contributed by atoms with Gasteiger partial charge in [0.1, 0.15) is 5.82 Å². The molecule has 1 unspecified atom stereocenters. The first-order valence-corrected chi connectivity index (χ1v) is 8.67. The number of halogens is 3. The summed E-state index contributed by atoms with van der Waals surface area (Å²) in [6.45, 7) is 0.445. The van der Waals surface area contributed by atoms with Crippen molar-refractivity contribution in [1.29, 1.82) is 0 Å². The summed E-state index contributed by atoms with van der Waals surface area (Å²) < 4.78 is 13.0. The van der Waals surface area contributed by atoms with E-state index < -0.39 is 0 Å². The molecule has 1 aliphatic heterocycles. The molecule has 1 atom stereocenters. The van der Waals surface area contributed by atoms with Crippen LogP contribution in [-0.2, 0) is 4.79 Å². The van der Waals surface area contributed by atoms with Gasteiger partial charge in [-0.2, -0.15) is 0 Å². The molecule has 25 heavy (non-hydrogen) atoms. The van der Waals surface area contributed by atoms with Crippen LogP contribution < -0.4 is 15.5 Å². The fraction of sp³-hybridized carbons (Fsp3) is 0.176. The van der Waals surface area contributed by atoms with Gasteiger partial charge < -0.3 is 15.5 Å². The molecule has 0 spiro atoms. The standard InChI is InChI=1S/C17H14Cl2FN3OS/c18-10-1-6-15(14(19)7-10)22-17(25)21-12-8-16(24)23(9-12)13-4-2-11(20)3-5-13/h1-7,12H,8-9H2,(H2,21,22,25). The Morgan fingerprint density at radius 2 is 1.92 bits per heavy atom. The number of carbonyl (C=O) groups is 1. The Morgan fingerprint density at radius 1 is 1.20 bits per heavy atom. The molecule has 0 aromatic heterocycles. The lowest BCUT2D eigenvalue weighted by Crippen LogP contribution is -2.39. The van der Waals surface area contributed by atoms with Gasteiger partial charge in [0, 0.05) is 23.7 Å². The van der Waals surface area contributed by atoms with Gasteiger partial charge in [-0.05, 0) is 54.7 Å². The summed E-state index contributed by atoms with van der Waals surface area (Å²) in [6.07, 6.45) is 0.299. The number of nitrogens with zero attached hydrogens (tertiary/aromatic N) is 1. The van der Waals surface area contributed by atoms with E-state index in [1.807, 2.05) is 0 Å². The lowest BCUT2D eigenvalue weighted by Gasteiger charge is -2.18. The molecule has 0 saturated carbocycles. The Balaban J connectivity index is 1.61. The second kappa shape index (κ2) is 7.56. The molecule has 2 N–H and O–H groups in total. The van der Waals surface area contributed by atoms with E-state index in [9.17, 15) is 9.18 Å². The number of hydrogen-bond acceptors (Lipinski definition) is 2. The molecule has 3 rings (SSSR count). The van der Waals surface area contributed by atoms with E-state index in [4.69, 9.17) is 35.4 Å². The zero-order valence-corrected chi connectivity index (χ0v) is 15.3. The summed E-state index contributed by atoms with van der Waals surface area (Å²) in [6, 6.07) is 10.7. The number of carbonyl (C=O) groups excluding carboxylic acids is 1. The van der Waals surface area contributed by atoms with Crippen molar-refractivity contribution < 1.29 is 9.18 Å². The highest BCUT2D eigenvalue weighted by atomic mass is 35.5. The fourth-order valence-electron chi connectivity index (χ4n) is 2.61. The Bertz CT molecular complexity index is 816. The van der Waals surface area contributed by atoms with E-state index in [0.717, 1.165) is 0 Å². The van der Waals surface area contributed by atoms with Gasteiger partial charge in [-0.3, -0.25) is 4.79 Å². The molecule has 8 heteroatoms. The molecule has 1 fully saturated rings. The van der Waals surface area contributed by atoms with Crippen molar-refractivity contribution in [3.8, 4) is 0 Å². The van der Waals surface area contributed by atoms with Crippen LogP contribution in [0.2, 0.25) is 10.0 Å². The van der Waals surface area contributed by atoms with E-state index in [-0.39, 0.29) is 17.8 Å². The van der Waals surface area contributed by atoms with Crippen LogP contribution in [-0.4, -0.2) is 23.6 Å². The highest BCUT2D eigenvalue weighted by molar-refractivity contribution is 7.80. The van der Waals surface area contributed by atoms with Crippen molar-refractivity contribution in [3.05, 3.63) is 58.3 Å². The Labute approximate surface area is 159 Å². The number of thiocarbonyl (C=S) groups is 1. The molecule has 1 heterocycles. The monoisotopic (exact) mass is 397 g/mol. The molecule has 0 radical (unpaired) electrons. The van der Waals surface area contributed by atoms with Crippen molar-refractivity contribution in [2.45, 2.75) is 12.5 Å². The third kappa shape index (κ3) is 4.39. The lowest BCUT2D eigenvalue weighted by molar-refractivity contribution is -0.117. The van der Waals surface area contributed by atoms with E-state index in [1.165, 1.54) is 12.1 Å². The van der Waals surface area contributed by atoms with E-state index in [2.05, 4.69) is 10.6 Å². The molecule has 4 nitrogen and oxygen atoms in total. The van der Waals surface area contributed by atoms with E-state index >= 15 is 0 Å². The Kier molecular flexibility index (Phi) is 5.42. The van der Waals surface area contributed by atoms with Gasteiger partial charge in [0.15, 0.2) is 5.11 Å². The van der Waals surface area contributed by atoms with Gasteiger partial charge in [-0.15, -0.1) is 0 Å². The van der Waals surface area contributed by atoms with Crippen molar-refractivity contribution in [3.63, 3.8) is 0 Å². The molecule has 2 aromatic rings. The maximum Gasteiger partial charge on any atom is 0.229 e. The molecule has 130 valence electrons. The van der Waals surface area contributed by atoms with Crippen LogP contribution in [0.3, 0.4) is 0 Å². The summed E-state index contributed by atoms with van der Waals surface area (Å²) in [5, 5.41) is 7.44. The van der Waals surface area contributed by atoms with Gasteiger partial charge in [-0.1, -0.05) is 23.2 Å². The highest BCUT2D eigenvalue weighted by Crippen LogP contribution is 2.26. The van der Waals surface area contributed by atoms with E-state index in [1.54, 1.807) is 35.2 Å². The summed E-state index contributed by atoms with van der Waals surface area (Å²) >= 11 is 17.2. The minimum Gasteiger partial charge on any atom is -0.357 e. The first-order chi connectivity index (χ1) is 11.9. The first kappa shape index (κ1) is 17.9. The molecular weight excluding hydrogens is 384 g/mol. The smallest absolute Gasteiger partial charge is 0.229 e. The second-order valence-corrected chi connectivity index (χ2v) is 6.86. The minimum absolute atomic E-state index is 0.0450. The summed E-state index contributed by atoms with van der Waals surface area (Å²) in [5.41, 5.74) is 1.29. The number of hydrogen-bond donors (Lipinski definition) is 2. The van der Waals surface area contributed by atoms with Crippen molar-refractivity contribution in [2.24, 2.45) is 0 Å². The molecule has 1 aliphatic rings. The SMILES string of the molecule is O=C1CC(NC(=S)Nc2ccc(Cl)cc2Cl)CN1c1ccc(F)cc1. The van der Waals surface area contributed by atoms with E-state index in [0.29, 0.717) is 39.5 Å². The maximum atomic E-state index is 13.0. The molecule has 1 amide bonds. The largest absolute Gasteiger partial charge is 0.357 e. The van der Waals surface area contributed by atoms with Crippen LogP contribution >= 0.6 is 35.4 Å². The number of amides is 1. The van der Waals surface area contributed by atoms with Gasteiger partial charge in [0.05, 0.1) is 16.8 Å². The third-order valence-corrected chi connectivity index (χ3v) is 4.55. The number of anilines is 2. The molecular formula is C17H14Cl2FN3OS. The molecule has 2 aromatic carbocycles. The highest BCUT2D eigenvalue weighted by Gasteiger charge is 2.31. The van der Waals surface area contributed by atoms with Crippen LogP contribution in [0.1, 0.15) is 6.42 Å². The summed E-state index contributed by atoms with van der Waals surface area (Å²) in [4.78, 5) is 13.8. The lowest BCUT2D eigenvalue weighted by atomic mass is 10.2. The molecule has 0 bridgehead atoms. The first-order valence-electron chi connectivity index (χ1n) is 7.51. The summed E-state index contributed by atoms with van der Waals surface area (Å²) in [7, 11) is 0. The van der Waals surface area contributed by atoms with Crippen LogP contribution in [0, 0.1) is 5.82 Å². The summed E-state index contributed by atoms with van der Waals surface area (Å²) in [5.74, 6) is -0.383. The average Bonchev–Trinajstić information content (AvgIpc) is 2.91. The minimum atomic E-state index is -0.338. The van der Waals surface area contributed by atoms with Crippen molar-refractivity contribution >= 4 is 57.8 Å². The third-order valence-electron chi connectivity index (χ3n) is 3.78. The second-order valence-electron chi connectivity index (χ2n) is 5.60. The molecule has 1 saturated heterocycles. The predicted octanol–water partition coefficient (Wildman–Crippen LogP) is 4.22. The van der Waals surface area contributed by atoms with Gasteiger partial charge in [-0.25, -0.2) is 4.39 Å². The van der Waals surface area contributed by atoms with Crippen molar-refractivity contribution in [1.82, 2.24) is 5.32 Å². The Morgan fingerprint density at radius 3 is 2.60 bits per heavy atom. The number of benzene rings is 2.